The lowest BCUT2D eigenvalue weighted by Gasteiger charge is -2.10. The molecule has 2 N–H and O–H groups in total. The second kappa shape index (κ2) is 4.70. The van der Waals surface area contributed by atoms with Crippen molar-refractivity contribution in [2.24, 2.45) is 5.73 Å². The Morgan fingerprint density at radius 2 is 2.07 bits per heavy atom. The molecule has 1 fully saturated rings. The van der Waals surface area contributed by atoms with E-state index in [0.717, 1.165) is 12.0 Å². The fourth-order valence-corrected chi connectivity index (χ4v) is 1.58. The fraction of sp³-hybridized carbons (Fsp3) is 0.455. The summed E-state index contributed by atoms with van der Waals surface area (Å²) >= 11 is 0. The van der Waals surface area contributed by atoms with Crippen molar-refractivity contribution in [1.82, 2.24) is 0 Å². The lowest BCUT2D eigenvalue weighted by Crippen LogP contribution is -2.15. The monoisotopic (exact) mass is 211 g/mol. The summed E-state index contributed by atoms with van der Waals surface area (Å²) in [6.45, 7) is 1.14. The van der Waals surface area contributed by atoms with Gasteiger partial charge < -0.3 is 15.2 Å². The van der Waals surface area contributed by atoms with Gasteiger partial charge in [0.15, 0.2) is 6.29 Å². The van der Waals surface area contributed by atoms with Crippen molar-refractivity contribution < 1.29 is 13.9 Å². The van der Waals surface area contributed by atoms with E-state index >= 15 is 0 Å². The molecule has 1 aromatic carbocycles. The van der Waals surface area contributed by atoms with Gasteiger partial charge >= 0.3 is 0 Å². The predicted octanol–water partition coefficient (Wildman–Crippen LogP) is 1.59. The number of rotatable bonds is 3. The molecular weight excluding hydrogens is 197 g/mol. The highest BCUT2D eigenvalue weighted by molar-refractivity contribution is 5.17. The maximum Gasteiger partial charge on any atom is 0.184 e. The van der Waals surface area contributed by atoms with Crippen molar-refractivity contribution in [2.45, 2.75) is 18.8 Å². The second-order valence-electron chi connectivity index (χ2n) is 3.55. The van der Waals surface area contributed by atoms with E-state index in [4.69, 9.17) is 15.2 Å². The summed E-state index contributed by atoms with van der Waals surface area (Å²) in [5, 5.41) is 0. The normalized spacial score (nSPS) is 25.7. The molecule has 4 heteroatoms. The molecule has 2 atom stereocenters. The van der Waals surface area contributed by atoms with Crippen LogP contribution in [0.15, 0.2) is 24.3 Å². The summed E-state index contributed by atoms with van der Waals surface area (Å²) < 4.78 is 23.7. The molecule has 0 bridgehead atoms. The molecule has 82 valence electrons. The molecule has 1 aliphatic rings. The first-order valence-corrected chi connectivity index (χ1v) is 5.02. The second-order valence-corrected chi connectivity index (χ2v) is 3.55. The minimum absolute atomic E-state index is 0.0602. The number of nitrogens with two attached hydrogens (primary N) is 1. The molecule has 1 aromatic rings. The van der Waals surface area contributed by atoms with Gasteiger partial charge in [-0.1, -0.05) is 12.1 Å². The highest BCUT2D eigenvalue weighted by Gasteiger charge is 2.26. The Hall–Kier alpha value is -0.970. The van der Waals surface area contributed by atoms with E-state index in [1.165, 1.54) is 12.1 Å². The van der Waals surface area contributed by atoms with Crippen LogP contribution in [0.5, 0.6) is 0 Å². The van der Waals surface area contributed by atoms with Gasteiger partial charge in [-0.2, -0.15) is 0 Å². The zero-order valence-electron chi connectivity index (χ0n) is 8.36. The van der Waals surface area contributed by atoms with Crippen molar-refractivity contribution in [2.75, 3.05) is 13.2 Å². The summed E-state index contributed by atoms with van der Waals surface area (Å²) in [4.78, 5) is 0. The van der Waals surface area contributed by atoms with Crippen molar-refractivity contribution >= 4 is 0 Å². The minimum Gasteiger partial charge on any atom is -0.346 e. The third-order valence-corrected chi connectivity index (χ3v) is 2.38. The highest BCUT2D eigenvalue weighted by Crippen LogP contribution is 2.27. The highest BCUT2D eigenvalue weighted by atomic mass is 19.1. The Balaban J connectivity index is 1.98. The molecule has 1 saturated heterocycles. The van der Waals surface area contributed by atoms with Crippen LogP contribution in [-0.2, 0) is 9.47 Å². The van der Waals surface area contributed by atoms with E-state index in [1.807, 2.05) is 0 Å². The Morgan fingerprint density at radius 1 is 1.33 bits per heavy atom. The lowest BCUT2D eigenvalue weighted by atomic mass is 10.2. The van der Waals surface area contributed by atoms with Gasteiger partial charge in [-0.05, 0) is 25.1 Å². The van der Waals surface area contributed by atoms with E-state index in [2.05, 4.69) is 0 Å². The first kappa shape index (κ1) is 10.5. The quantitative estimate of drug-likeness (QED) is 0.825. The number of hydrogen-bond acceptors (Lipinski definition) is 3. The maximum absolute atomic E-state index is 12.7. The maximum atomic E-state index is 12.7. The SMILES string of the molecule is NCCC1COC(c2ccc(F)cc2)O1. The summed E-state index contributed by atoms with van der Waals surface area (Å²) in [7, 11) is 0. The van der Waals surface area contributed by atoms with E-state index in [0.29, 0.717) is 13.2 Å². The van der Waals surface area contributed by atoms with Gasteiger partial charge in [-0.3, -0.25) is 0 Å². The molecule has 0 aliphatic carbocycles. The summed E-state index contributed by atoms with van der Waals surface area (Å²) in [5.41, 5.74) is 6.27. The van der Waals surface area contributed by atoms with Gasteiger partial charge in [-0.15, -0.1) is 0 Å². The van der Waals surface area contributed by atoms with Crippen LogP contribution in [0.3, 0.4) is 0 Å². The Morgan fingerprint density at radius 3 is 2.73 bits per heavy atom. The van der Waals surface area contributed by atoms with Crippen LogP contribution in [0.2, 0.25) is 0 Å². The number of ether oxygens (including phenoxy) is 2. The smallest absolute Gasteiger partial charge is 0.184 e. The van der Waals surface area contributed by atoms with Crippen LogP contribution in [0.1, 0.15) is 18.3 Å². The van der Waals surface area contributed by atoms with Crippen LogP contribution < -0.4 is 5.73 Å². The summed E-state index contributed by atoms with van der Waals surface area (Å²) in [6, 6.07) is 6.15. The Bertz CT molecular complexity index is 315. The van der Waals surface area contributed by atoms with Crippen LogP contribution in [0.25, 0.3) is 0 Å². The zero-order valence-corrected chi connectivity index (χ0v) is 8.36. The van der Waals surface area contributed by atoms with Crippen molar-refractivity contribution in [3.63, 3.8) is 0 Å². The standard InChI is InChI=1S/C11H14FNO2/c12-9-3-1-8(2-4-9)11-14-7-10(15-11)5-6-13/h1-4,10-11H,5-7,13H2. The minimum atomic E-state index is -0.373. The molecule has 3 nitrogen and oxygen atoms in total. The molecule has 15 heavy (non-hydrogen) atoms. The molecule has 1 aliphatic heterocycles. The Kier molecular flexibility index (Phi) is 3.30. The van der Waals surface area contributed by atoms with Crippen LogP contribution in [0, 0.1) is 5.82 Å². The third-order valence-electron chi connectivity index (χ3n) is 2.38. The van der Waals surface area contributed by atoms with Crippen LogP contribution >= 0.6 is 0 Å². The van der Waals surface area contributed by atoms with Crippen molar-refractivity contribution in [1.29, 1.82) is 0 Å². The van der Waals surface area contributed by atoms with Crippen LogP contribution in [0.4, 0.5) is 4.39 Å². The van der Waals surface area contributed by atoms with Crippen LogP contribution in [-0.4, -0.2) is 19.3 Å². The van der Waals surface area contributed by atoms with Gasteiger partial charge in [-0.25, -0.2) is 4.39 Å². The van der Waals surface area contributed by atoms with Gasteiger partial charge in [0.25, 0.3) is 0 Å². The van der Waals surface area contributed by atoms with E-state index in [1.54, 1.807) is 12.1 Å². The zero-order chi connectivity index (χ0) is 10.7. The first-order chi connectivity index (χ1) is 7.29. The van der Waals surface area contributed by atoms with Crippen molar-refractivity contribution in [3.05, 3.63) is 35.6 Å². The van der Waals surface area contributed by atoms with Gasteiger partial charge in [0.2, 0.25) is 0 Å². The molecule has 0 saturated carbocycles. The van der Waals surface area contributed by atoms with Gasteiger partial charge in [0.05, 0.1) is 12.7 Å². The number of hydrogen-bond donors (Lipinski definition) is 1. The van der Waals surface area contributed by atoms with Gasteiger partial charge in [0, 0.05) is 5.56 Å². The predicted molar refractivity (Wildman–Crippen MR) is 53.6 cm³/mol. The summed E-state index contributed by atoms with van der Waals surface area (Å²) in [6.07, 6.45) is 0.477. The topological polar surface area (TPSA) is 44.5 Å². The average molecular weight is 211 g/mol. The van der Waals surface area contributed by atoms with E-state index in [9.17, 15) is 4.39 Å². The molecule has 1 heterocycles. The van der Waals surface area contributed by atoms with E-state index in [-0.39, 0.29) is 18.2 Å². The third kappa shape index (κ3) is 2.53. The van der Waals surface area contributed by atoms with Crippen molar-refractivity contribution in [3.8, 4) is 0 Å². The first-order valence-electron chi connectivity index (χ1n) is 5.02. The molecule has 0 aromatic heterocycles. The lowest BCUT2D eigenvalue weighted by molar-refractivity contribution is -0.0607. The molecule has 0 spiro atoms. The Labute approximate surface area is 88.0 Å². The van der Waals surface area contributed by atoms with E-state index < -0.39 is 0 Å². The molecule has 2 unspecified atom stereocenters. The average Bonchev–Trinajstić information content (AvgIpc) is 2.68. The van der Waals surface area contributed by atoms with Gasteiger partial charge in [0.1, 0.15) is 5.82 Å². The molecule has 0 radical (unpaired) electrons. The molecule has 0 amide bonds. The summed E-state index contributed by atoms with van der Waals surface area (Å²) in [5.74, 6) is -0.254. The fourth-order valence-electron chi connectivity index (χ4n) is 1.58. The molecule has 2 rings (SSSR count). The number of halogens is 1. The molecular formula is C11H14FNO2. The number of benzene rings is 1. The largest absolute Gasteiger partial charge is 0.346 e.